The van der Waals surface area contributed by atoms with E-state index in [1.807, 2.05) is 0 Å². The Hall–Kier alpha value is -1.97. The molecule has 1 saturated heterocycles. The summed E-state index contributed by atoms with van der Waals surface area (Å²) >= 11 is 1.77. The van der Waals surface area contributed by atoms with E-state index in [2.05, 4.69) is 78.3 Å². The SMILES string of the molecule is CCN(CCC(C)OC1CC(Oc2ccc3nc(C4=CC=C(N(C)C)CC4)sc3c2)C1)CCN1CCNCC1. The fourth-order valence-electron chi connectivity index (χ4n) is 5.62. The monoisotopic (exact) mass is 553 g/mol. The van der Waals surface area contributed by atoms with Crippen molar-refractivity contribution in [3.05, 3.63) is 41.1 Å². The fourth-order valence-corrected chi connectivity index (χ4v) is 6.66. The van der Waals surface area contributed by atoms with E-state index in [9.17, 15) is 0 Å². The first-order chi connectivity index (χ1) is 19.0. The minimum Gasteiger partial charge on any atom is -0.490 e. The largest absolute Gasteiger partial charge is 0.490 e. The van der Waals surface area contributed by atoms with E-state index in [1.54, 1.807) is 11.3 Å². The first kappa shape index (κ1) is 28.6. The van der Waals surface area contributed by atoms with Crippen LogP contribution in [0.5, 0.6) is 5.75 Å². The number of piperazine rings is 1. The zero-order chi connectivity index (χ0) is 27.2. The number of ether oxygens (including phenoxy) is 2. The van der Waals surface area contributed by atoms with Crippen LogP contribution >= 0.6 is 11.3 Å². The van der Waals surface area contributed by atoms with Gasteiger partial charge in [0.25, 0.3) is 0 Å². The van der Waals surface area contributed by atoms with Gasteiger partial charge in [0.2, 0.25) is 0 Å². The quantitative estimate of drug-likeness (QED) is 0.381. The summed E-state index contributed by atoms with van der Waals surface area (Å²) < 4.78 is 13.9. The predicted molar refractivity (Wildman–Crippen MR) is 163 cm³/mol. The number of aromatic nitrogens is 1. The molecule has 2 aromatic rings. The lowest BCUT2D eigenvalue weighted by Crippen LogP contribution is -2.46. The summed E-state index contributed by atoms with van der Waals surface area (Å²) in [5.41, 5.74) is 3.76. The minimum atomic E-state index is 0.244. The molecule has 1 N–H and O–H groups in total. The second kappa shape index (κ2) is 13.6. The molecule has 3 aliphatic rings. The van der Waals surface area contributed by atoms with Gasteiger partial charge in [-0.1, -0.05) is 13.0 Å². The highest BCUT2D eigenvalue weighted by atomic mass is 32.1. The van der Waals surface area contributed by atoms with E-state index in [-0.39, 0.29) is 12.2 Å². The van der Waals surface area contributed by atoms with Gasteiger partial charge in [0.1, 0.15) is 16.9 Å². The highest BCUT2D eigenvalue weighted by Crippen LogP contribution is 2.36. The molecule has 1 aliphatic heterocycles. The van der Waals surface area contributed by atoms with E-state index in [1.165, 1.54) is 35.6 Å². The molecule has 0 bridgehead atoms. The number of hydrogen-bond donors (Lipinski definition) is 1. The first-order valence-electron chi connectivity index (χ1n) is 14.9. The number of allylic oxidation sites excluding steroid dienone is 4. The van der Waals surface area contributed by atoms with Crippen molar-refractivity contribution in [2.75, 3.05) is 66.5 Å². The van der Waals surface area contributed by atoms with Crippen molar-refractivity contribution < 1.29 is 9.47 Å². The molecular weight excluding hydrogens is 506 g/mol. The van der Waals surface area contributed by atoms with Crippen molar-refractivity contribution in [2.45, 2.75) is 64.3 Å². The molecule has 5 rings (SSSR count). The van der Waals surface area contributed by atoms with Gasteiger partial charge < -0.3 is 24.6 Å². The summed E-state index contributed by atoms with van der Waals surface area (Å²) in [7, 11) is 4.22. The predicted octanol–water partition coefficient (Wildman–Crippen LogP) is 4.85. The average molecular weight is 554 g/mol. The Labute approximate surface area is 238 Å². The normalized spacial score (nSPS) is 22.9. The zero-order valence-electron chi connectivity index (χ0n) is 24.3. The number of hydrogen-bond acceptors (Lipinski definition) is 8. The third kappa shape index (κ3) is 7.82. The van der Waals surface area contributed by atoms with Gasteiger partial charge in [0, 0.05) is 78.4 Å². The van der Waals surface area contributed by atoms with Crippen molar-refractivity contribution in [1.29, 1.82) is 0 Å². The Morgan fingerprint density at radius 1 is 1.10 bits per heavy atom. The van der Waals surface area contributed by atoms with Gasteiger partial charge in [-0.3, -0.25) is 4.90 Å². The zero-order valence-corrected chi connectivity index (χ0v) is 25.1. The second-order valence-electron chi connectivity index (χ2n) is 11.5. The van der Waals surface area contributed by atoms with Crippen LogP contribution in [0.15, 0.2) is 36.0 Å². The molecule has 39 heavy (non-hydrogen) atoms. The number of nitrogens with zero attached hydrogens (tertiary/aromatic N) is 4. The summed E-state index contributed by atoms with van der Waals surface area (Å²) in [6.45, 7) is 13.6. The summed E-state index contributed by atoms with van der Waals surface area (Å²) in [4.78, 5) is 12.2. The van der Waals surface area contributed by atoms with Crippen molar-refractivity contribution >= 4 is 27.1 Å². The van der Waals surface area contributed by atoms with Crippen LogP contribution in [0, 0.1) is 0 Å². The van der Waals surface area contributed by atoms with Gasteiger partial charge >= 0.3 is 0 Å². The molecular formula is C31H47N5O2S. The summed E-state index contributed by atoms with van der Waals surface area (Å²) in [6.07, 6.45) is 10.5. The van der Waals surface area contributed by atoms with Crippen molar-refractivity contribution in [1.82, 2.24) is 25.0 Å². The molecule has 2 aliphatic carbocycles. The average Bonchev–Trinajstić information content (AvgIpc) is 3.36. The van der Waals surface area contributed by atoms with Gasteiger partial charge in [-0.25, -0.2) is 4.98 Å². The molecule has 1 aromatic heterocycles. The lowest BCUT2D eigenvalue weighted by atomic mass is 9.91. The summed E-state index contributed by atoms with van der Waals surface area (Å²) in [6, 6.07) is 6.34. The number of thiazole rings is 1. The standard InChI is InChI=1S/C31H47N5O2S/c1-5-35(18-19-36-16-13-32-14-17-36)15-12-23(2)37-27-20-28(21-27)38-26-10-11-29-30(22-26)39-31(33-29)24-6-8-25(9-7-24)34(3)4/h6,8,10-11,22-23,27-28,32H,5,7,9,12-21H2,1-4H3. The molecule has 1 aromatic carbocycles. The molecule has 7 nitrogen and oxygen atoms in total. The van der Waals surface area contributed by atoms with Crippen LogP contribution < -0.4 is 10.1 Å². The van der Waals surface area contributed by atoms with Crippen LogP contribution in [-0.2, 0) is 4.74 Å². The summed E-state index contributed by atoms with van der Waals surface area (Å²) in [5.74, 6) is 0.949. The fraction of sp³-hybridized carbons (Fsp3) is 0.645. The number of benzene rings is 1. The molecule has 2 fully saturated rings. The van der Waals surface area contributed by atoms with Gasteiger partial charge in [0.05, 0.1) is 22.4 Å². The van der Waals surface area contributed by atoms with E-state index >= 15 is 0 Å². The first-order valence-corrected chi connectivity index (χ1v) is 15.7. The second-order valence-corrected chi connectivity index (χ2v) is 12.5. The molecule has 0 spiro atoms. The van der Waals surface area contributed by atoms with E-state index < -0.39 is 0 Å². The number of fused-ring (bicyclic) bond motifs is 1. The third-order valence-electron chi connectivity index (χ3n) is 8.36. The molecule has 1 saturated carbocycles. The molecule has 1 atom stereocenters. The minimum absolute atomic E-state index is 0.244. The molecule has 0 amide bonds. The number of rotatable bonds is 13. The molecule has 214 valence electrons. The van der Waals surface area contributed by atoms with Crippen LogP contribution in [0.1, 0.15) is 51.0 Å². The molecule has 1 unspecified atom stereocenters. The van der Waals surface area contributed by atoms with Gasteiger partial charge in [0.15, 0.2) is 0 Å². The van der Waals surface area contributed by atoms with Crippen LogP contribution in [0.3, 0.4) is 0 Å². The summed E-state index contributed by atoms with van der Waals surface area (Å²) in [5, 5.41) is 4.57. The van der Waals surface area contributed by atoms with E-state index in [4.69, 9.17) is 14.5 Å². The molecule has 0 radical (unpaired) electrons. The highest BCUT2D eigenvalue weighted by molar-refractivity contribution is 7.19. The Balaban J connectivity index is 1.03. The maximum Gasteiger partial charge on any atom is 0.121 e. The number of nitrogens with one attached hydrogen (secondary N) is 1. The lowest BCUT2D eigenvalue weighted by molar-refractivity contribution is -0.0937. The topological polar surface area (TPSA) is 53.1 Å². The third-order valence-corrected chi connectivity index (χ3v) is 9.45. The lowest BCUT2D eigenvalue weighted by Gasteiger charge is -2.37. The van der Waals surface area contributed by atoms with Crippen molar-refractivity contribution in [3.8, 4) is 5.75 Å². The van der Waals surface area contributed by atoms with Gasteiger partial charge in [-0.2, -0.15) is 0 Å². The van der Waals surface area contributed by atoms with Gasteiger partial charge in [-0.05, 0) is 62.6 Å². The highest BCUT2D eigenvalue weighted by Gasteiger charge is 2.33. The van der Waals surface area contributed by atoms with Gasteiger partial charge in [-0.15, -0.1) is 11.3 Å². The van der Waals surface area contributed by atoms with Crippen LogP contribution in [0.25, 0.3) is 15.8 Å². The van der Waals surface area contributed by atoms with Crippen molar-refractivity contribution in [2.24, 2.45) is 0 Å². The Bertz CT molecular complexity index is 1130. The molecule has 8 heteroatoms. The van der Waals surface area contributed by atoms with Crippen LogP contribution in [0.2, 0.25) is 0 Å². The van der Waals surface area contributed by atoms with E-state index in [0.29, 0.717) is 6.10 Å². The van der Waals surface area contributed by atoms with E-state index in [0.717, 1.165) is 81.1 Å². The smallest absolute Gasteiger partial charge is 0.121 e. The maximum absolute atomic E-state index is 6.36. The Morgan fingerprint density at radius 3 is 2.64 bits per heavy atom. The Morgan fingerprint density at radius 2 is 1.92 bits per heavy atom. The van der Waals surface area contributed by atoms with Crippen LogP contribution in [0.4, 0.5) is 0 Å². The van der Waals surface area contributed by atoms with Crippen LogP contribution in [-0.4, -0.2) is 104 Å². The Kier molecular flexibility index (Phi) is 9.95. The molecule has 2 heterocycles. The van der Waals surface area contributed by atoms with Crippen molar-refractivity contribution in [3.63, 3.8) is 0 Å². The number of likely N-dealkylation sites (N-methyl/N-ethyl adjacent to an activating group) is 1. The maximum atomic E-state index is 6.36.